The lowest BCUT2D eigenvalue weighted by molar-refractivity contribution is -0.119. The first-order chi connectivity index (χ1) is 9.03. The summed E-state index contributed by atoms with van der Waals surface area (Å²) in [7, 11) is -4.22. The van der Waals surface area contributed by atoms with E-state index < -0.39 is 31.9 Å². The van der Waals surface area contributed by atoms with Gasteiger partial charge in [-0.2, -0.15) is 0 Å². The lowest BCUT2D eigenvalue weighted by atomic mass is 9.90. The van der Waals surface area contributed by atoms with Crippen molar-refractivity contribution in [1.29, 1.82) is 0 Å². The molecule has 0 saturated heterocycles. The summed E-state index contributed by atoms with van der Waals surface area (Å²) in [6.07, 6.45) is 8.17. The molecule has 2 aliphatic carbocycles. The van der Waals surface area contributed by atoms with Crippen LogP contribution in [0, 0.1) is 11.8 Å². The van der Waals surface area contributed by atoms with Gasteiger partial charge < -0.3 is 0 Å². The molecular weight excluding hydrogens is 264 g/mol. The van der Waals surface area contributed by atoms with Gasteiger partial charge in [-0.05, 0) is 25.7 Å². The average Bonchev–Trinajstić information content (AvgIpc) is 2.47. The van der Waals surface area contributed by atoms with E-state index in [0.29, 0.717) is 25.7 Å². The van der Waals surface area contributed by atoms with Gasteiger partial charge in [0, 0.05) is 11.8 Å². The molecule has 0 unspecified atom stereocenters. The molecule has 0 aromatic rings. The molecular formula is C14H22O4S. The third kappa shape index (κ3) is 3.25. The standard InChI is InChI=1S/C14H22O4S/c15-13(11-7-3-1-4-8-11)19(17,18)14(16)12-9-5-2-6-10-12/h11-12H,1-10H2. The quantitative estimate of drug-likeness (QED) is 0.782. The van der Waals surface area contributed by atoms with Crippen molar-refractivity contribution in [3.8, 4) is 0 Å². The highest BCUT2D eigenvalue weighted by molar-refractivity contribution is 8.18. The first-order valence-electron chi connectivity index (χ1n) is 7.36. The van der Waals surface area contributed by atoms with Crippen LogP contribution in [0.4, 0.5) is 0 Å². The van der Waals surface area contributed by atoms with E-state index in [-0.39, 0.29) is 0 Å². The number of rotatable bonds is 2. The largest absolute Gasteiger partial charge is 0.281 e. The van der Waals surface area contributed by atoms with Gasteiger partial charge in [0.05, 0.1) is 0 Å². The highest BCUT2D eigenvalue weighted by Crippen LogP contribution is 2.30. The van der Waals surface area contributed by atoms with Gasteiger partial charge in [0.1, 0.15) is 0 Å². The van der Waals surface area contributed by atoms with Crippen LogP contribution in [-0.4, -0.2) is 18.6 Å². The van der Waals surface area contributed by atoms with E-state index >= 15 is 0 Å². The Bertz CT molecular complexity index is 404. The van der Waals surface area contributed by atoms with Crippen molar-refractivity contribution in [2.75, 3.05) is 0 Å². The summed E-state index contributed by atoms with van der Waals surface area (Å²) in [6, 6.07) is 0. The Morgan fingerprint density at radius 3 is 1.26 bits per heavy atom. The Morgan fingerprint density at radius 2 is 0.947 bits per heavy atom. The zero-order chi connectivity index (χ0) is 13.9. The van der Waals surface area contributed by atoms with Gasteiger partial charge in [-0.1, -0.05) is 38.5 Å². The molecule has 0 amide bonds. The van der Waals surface area contributed by atoms with Crippen LogP contribution >= 0.6 is 0 Å². The summed E-state index contributed by atoms with van der Waals surface area (Å²) in [5.41, 5.74) is 0. The highest BCUT2D eigenvalue weighted by atomic mass is 32.2. The van der Waals surface area contributed by atoms with Crippen LogP contribution in [0.15, 0.2) is 0 Å². The van der Waals surface area contributed by atoms with Crippen LogP contribution in [0.2, 0.25) is 0 Å². The maximum atomic E-state index is 12.1. The molecule has 2 fully saturated rings. The van der Waals surface area contributed by atoms with Crippen molar-refractivity contribution in [3.05, 3.63) is 0 Å². The van der Waals surface area contributed by atoms with Crippen LogP contribution in [0.5, 0.6) is 0 Å². The monoisotopic (exact) mass is 286 g/mol. The van der Waals surface area contributed by atoms with Gasteiger partial charge in [-0.3, -0.25) is 9.59 Å². The summed E-state index contributed by atoms with van der Waals surface area (Å²) in [5.74, 6) is -0.877. The molecule has 5 heteroatoms. The van der Waals surface area contributed by atoms with E-state index in [1.807, 2.05) is 0 Å². The molecule has 0 aliphatic heterocycles. The first kappa shape index (κ1) is 14.7. The van der Waals surface area contributed by atoms with Gasteiger partial charge in [-0.15, -0.1) is 0 Å². The van der Waals surface area contributed by atoms with Gasteiger partial charge in [0.25, 0.3) is 20.1 Å². The zero-order valence-electron chi connectivity index (χ0n) is 11.3. The smallest absolute Gasteiger partial charge is 0.274 e. The summed E-state index contributed by atoms with van der Waals surface area (Å²) in [5, 5.41) is -1.61. The molecule has 2 rings (SSSR count). The molecule has 2 aliphatic rings. The fourth-order valence-electron chi connectivity index (χ4n) is 3.21. The Labute approximate surface area is 114 Å². The summed E-state index contributed by atoms with van der Waals surface area (Å²) in [4.78, 5) is 24.2. The normalized spacial score (nSPS) is 23.2. The molecule has 108 valence electrons. The van der Waals surface area contributed by atoms with Crippen LogP contribution < -0.4 is 0 Å². The third-order valence-electron chi connectivity index (χ3n) is 4.41. The van der Waals surface area contributed by atoms with Gasteiger partial charge >= 0.3 is 0 Å². The van der Waals surface area contributed by atoms with Crippen LogP contribution in [-0.2, 0) is 19.4 Å². The Hall–Kier alpha value is -0.710. The van der Waals surface area contributed by atoms with Gasteiger partial charge in [0.15, 0.2) is 0 Å². The molecule has 0 atom stereocenters. The molecule has 0 bridgehead atoms. The minimum absolute atomic E-state index is 0.439. The highest BCUT2D eigenvalue weighted by Gasteiger charge is 2.40. The van der Waals surface area contributed by atoms with Gasteiger partial charge in [0.2, 0.25) is 0 Å². The Balaban J connectivity index is 2.07. The molecule has 0 aromatic heterocycles. The van der Waals surface area contributed by atoms with Crippen LogP contribution in [0.1, 0.15) is 64.2 Å². The van der Waals surface area contributed by atoms with Crippen molar-refractivity contribution >= 4 is 20.1 Å². The first-order valence-corrected chi connectivity index (χ1v) is 8.84. The molecule has 2 saturated carbocycles. The molecule has 0 spiro atoms. The third-order valence-corrected chi connectivity index (χ3v) is 6.13. The minimum atomic E-state index is -4.22. The molecule has 0 aromatic carbocycles. The Morgan fingerprint density at radius 1 is 0.632 bits per heavy atom. The molecule has 0 N–H and O–H groups in total. The molecule has 0 radical (unpaired) electrons. The second-order valence-corrected chi connectivity index (χ2v) is 7.62. The van der Waals surface area contributed by atoms with E-state index in [2.05, 4.69) is 0 Å². The fourth-order valence-corrected chi connectivity index (χ4v) is 4.76. The zero-order valence-corrected chi connectivity index (χ0v) is 12.1. The lowest BCUT2D eigenvalue weighted by Gasteiger charge is -2.22. The topological polar surface area (TPSA) is 68.3 Å². The summed E-state index contributed by atoms with van der Waals surface area (Å²) < 4.78 is 24.3. The van der Waals surface area contributed by atoms with E-state index in [9.17, 15) is 18.0 Å². The number of sulfone groups is 1. The number of hydrogen-bond acceptors (Lipinski definition) is 4. The van der Waals surface area contributed by atoms with E-state index in [1.54, 1.807) is 0 Å². The molecule has 19 heavy (non-hydrogen) atoms. The number of carbonyl (C=O) groups is 2. The van der Waals surface area contributed by atoms with Crippen molar-refractivity contribution < 1.29 is 18.0 Å². The number of carbonyl (C=O) groups excluding carboxylic acids is 2. The van der Waals surface area contributed by atoms with E-state index in [0.717, 1.165) is 38.5 Å². The van der Waals surface area contributed by atoms with Crippen molar-refractivity contribution in [2.45, 2.75) is 64.2 Å². The maximum absolute atomic E-state index is 12.1. The average molecular weight is 286 g/mol. The SMILES string of the molecule is O=C(C1CCCCC1)S(=O)(=O)C(=O)C1CCCCC1. The lowest BCUT2D eigenvalue weighted by Crippen LogP contribution is -2.35. The van der Waals surface area contributed by atoms with E-state index in [1.165, 1.54) is 0 Å². The van der Waals surface area contributed by atoms with Crippen molar-refractivity contribution in [2.24, 2.45) is 11.8 Å². The summed E-state index contributed by atoms with van der Waals surface area (Å²) >= 11 is 0. The second kappa shape index (κ2) is 6.16. The van der Waals surface area contributed by atoms with Crippen molar-refractivity contribution in [1.82, 2.24) is 0 Å². The van der Waals surface area contributed by atoms with Crippen LogP contribution in [0.3, 0.4) is 0 Å². The summed E-state index contributed by atoms with van der Waals surface area (Å²) in [6.45, 7) is 0. The van der Waals surface area contributed by atoms with Gasteiger partial charge in [-0.25, -0.2) is 8.42 Å². The number of hydrogen-bond donors (Lipinski definition) is 0. The Kier molecular flexibility index (Phi) is 4.76. The van der Waals surface area contributed by atoms with E-state index in [4.69, 9.17) is 0 Å². The molecule has 0 heterocycles. The predicted molar refractivity (Wildman–Crippen MR) is 72.1 cm³/mol. The second-order valence-electron chi connectivity index (χ2n) is 5.81. The maximum Gasteiger partial charge on any atom is 0.274 e. The van der Waals surface area contributed by atoms with Crippen molar-refractivity contribution in [3.63, 3.8) is 0 Å². The fraction of sp³-hybridized carbons (Fsp3) is 0.857. The van der Waals surface area contributed by atoms with Crippen LogP contribution in [0.25, 0.3) is 0 Å². The molecule has 4 nitrogen and oxygen atoms in total. The minimum Gasteiger partial charge on any atom is -0.281 e. The predicted octanol–water partition coefficient (Wildman–Crippen LogP) is 2.62.